The second kappa shape index (κ2) is 8.81. The van der Waals surface area contributed by atoms with Crippen LogP contribution in [0.2, 0.25) is 10.0 Å². The maximum atomic E-state index is 12.7. The first-order chi connectivity index (χ1) is 14.8. The van der Waals surface area contributed by atoms with E-state index >= 15 is 0 Å². The van der Waals surface area contributed by atoms with Crippen molar-refractivity contribution in [3.05, 3.63) is 68.7 Å². The van der Waals surface area contributed by atoms with Crippen molar-refractivity contribution in [3.63, 3.8) is 0 Å². The molecule has 0 aliphatic carbocycles. The molecule has 1 saturated heterocycles. The van der Waals surface area contributed by atoms with E-state index in [1.165, 1.54) is 4.90 Å². The summed E-state index contributed by atoms with van der Waals surface area (Å²) in [4.78, 5) is 50.2. The number of benzene rings is 2. The normalized spacial score (nSPS) is 18.2. The minimum Gasteiger partial charge on any atom is -0.322 e. The summed E-state index contributed by atoms with van der Waals surface area (Å²) in [5, 5.41) is 3.30. The highest BCUT2D eigenvalue weighted by atomic mass is 35.5. The molecule has 1 atom stereocenters. The van der Waals surface area contributed by atoms with Gasteiger partial charge >= 0.3 is 0 Å². The van der Waals surface area contributed by atoms with Crippen LogP contribution in [0.25, 0.3) is 0 Å². The molecule has 0 aromatic heterocycles. The van der Waals surface area contributed by atoms with Gasteiger partial charge in [-0.3, -0.25) is 24.5 Å². The Labute approximate surface area is 189 Å². The molecule has 160 valence electrons. The van der Waals surface area contributed by atoms with Gasteiger partial charge in [-0.2, -0.15) is 0 Å². The predicted octanol–water partition coefficient (Wildman–Crippen LogP) is 3.50. The standard InChI is InChI=1S/C23H20Cl2N2O4/c24-16-8-14(9-17(25)11-16)10-18(28)3-1-13-2-4-19-15(7-13)12-27(23(19)31)20-5-6-21(29)26-22(20)30/h2,4,7-9,11,20H,1,3,5-6,10,12H2,(H,26,29,30). The summed E-state index contributed by atoms with van der Waals surface area (Å²) in [5.41, 5.74) is 3.13. The van der Waals surface area contributed by atoms with Gasteiger partial charge < -0.3 is 4.90 Å². The summed E-state index contributed by atoms with van der Waals surface area (Å²) < 4.78 is 0. The lowest BCUT2D eigenvalue weighted by Gasteiger charge is -2.29. The van der Waals surface area contributed by atoms with Gasteiger partial charge in [0.15, 0.2) is 0 Å². The SMILES string of the molecule is O=C(CCc1ccc2c(c1)CN(C1CCC(=O)NC1=O)C2=O)Cc1cc(Cl)cc(Cl)c1. The van der Waals surface area contributed by atoms with Crippen LogP contribution in [0.3, 0.4) is 0 Å². The van der Waals surface area contributed by atoms with Crippen LogP contribution in [0.15, 0.2) is 36.4 Å². The van der Waals surface area contributed by atoms with Crippen LogP contribution in [0, 0.1) is 0 Å². The van der Waals surface area contributed by atoms with Crippen LogP contribution in [0.1, 0.15) is 46.3 Å². The number of hydrogen-bond donors (Lipinski definition) is 1. The molecule has 2 aliphatic heterocycles. The number of fused-ring (bicyclic) bond motifs is 1. The minimum absolute atomic E-state index is 0.0695. The molecule has 1 unspecified atom stereocenters. The average Bonchev–Trinajstić information content (AvgIpc) is 3.01. The molecule has 2 aromatic rings. The molecule has 2 aromatic carbocycles. The van der Waals surface area contributed by atoms with Gasteiger partial charge in [-0.25, -0.2) is 0 Å². The highest BCUT2D eigenvalue weighted by molar-refractivity contribution is 6.34. The Bertz CT molecular complexity index is 1080. The van der Waals surface area contributed by atoms with Crippen molar-refractivity contribution in [3.8, 4) is 0 Å². The summed E-state index contributed by atoms with van der Waals surface area (Å²) in [7, 11) is 0. The van der Waals surface area contributed by atoms with Crippen molar-refractivity contribution in [2.45, 2.75) is 44.7 Å². The highest BCUT2D eigenvalue weighted by Gasteiger charge is 2.39. The van der Waals surface area contributed by atoms with Gasteiger partial charge in [0.25, 0.3) is 5.91 Å². The molecule has 2 heterocycles. The number of hydrogen-bond acceptors (Lipinski definition) is 4. The third-order valence-corrected chi connectivity index (χ3v) is 6.04. The van der Waals surface area contributed by atoms with Crippen LogP contribution in [0.5, 0.6) is 0 Å². The number of ketones is 1. The Kier molecular flexibility index (Phi) is 6.12. The van der Waals surface area contributed by atoms with Crippen molar-refractivity contribution in [2.24, 2.45) is 0 Å². The van der Waals surface area contributed by atoms with Crippen molar-refractivity contribution in [2.75, 3.05) is 0 Å². The van der Waals surface area contributed by atoms with Gasteiger partial charge in [0.05, 0.1) is 0 Å². The Morgan fingerprint density at radius 1 is 1.03 bits per heavy atom. The summed E-state index contributed by atoms with van der Waals surface area (Å²) in [6, 6.07) is 9.97. The zero-order valence-electron chi connectivity index (χ0n) is 16.6. The molecule has 2 aliphatic rings. The lowest BCUT2D eigenvalue weighted by Crippen LogP contribution is -2.52. The summed E-state index contributed by atoms with van der Waals surface area (Å²) in [5.74, 6) is -0.869. The Hall–Kier alpha value is -2.70. The average molecular weight is 459 g/mol. The first kappa shape index (κ1) is 21.5. The number of aryl methyl sites for hydroxylation is 1. The minimum atomic E-state index is -0.632. The lowest BCUT2D eigenvalue weighted by molar-refractivity contribution is -0.137. The van der Waals surface area contributed by atoms with Crippen LogP contribution >= 0.6 is 23.2 Å². The van der Waals surface area contributed by atoms with Crippen molar-refractivity contribution >= 4 is 46.7 Å². The largest absolute Gasteiger partial charge is 0.322 e. The van der Waals surface area contributed by atoms with Gasteiger partial charge in [-0.1, -0.05) is 35.3 Å². The van der Waals surface area contributed by atoms with Gasteiger partial charge in [-0.05, 0) is 53.8 Å². The second-order valence-corrected chi connectivity index (χ2v) is 8.76. The molecule has 0 radical (unpaired) electrons. The fourth-order valence-corrected chi connectivity index (χ4v) is 4.67. The van der Waals surface area contributed by atoms with E-state index in [9.17, 15) is 19.2 Å². The molecule has 3 amide bonds. The molecule has 31 heavy (non-hydrogen) atoms. The molecular weight excluding hydrogens is 439 g/mol. The number of carbonyl (C=O) groups is 4. The number of imide groups is 1. The molecule has 1 N–H and O–H groups in total. The van der Waals surface area contributed by atoms with Crippen LogP contribution in [0.4, 0.5) is 0 Å². The van der Waals surface area contributed by atoms with E-state index in [1.54, 1.807) is 24.3 Å². The maximum absolute atomic E-state index is 12.7. The van der Waals surface area contributed by atoms with E-state index in [2.05, 4.69) is 5.32 Å². The van der Waals surface area contributed by atoms with Crippen LogP contribution in [-0.4, -0.2) is 34.4 Å². The van der Waals surface area contributed by atoms with E-state index in [-0.39, 0.29) is 30.4 Å². The topological polar surface area (TPSA) is 83.6 Å². The molecule has 0 saturated carbocycles. The zero-order valence-corrected chi connectivity index (χ0v) is 18.1. The van der Waals surface area contributed by atoms with Gasteiger partial charge in [0.2, 0.25) is 11.8 Å². The summed E-state index contributed by atoms with van der Waals surface area (Å²) in [6.45, 7) is 0.323. The molecule has 0 bridgehead atoms. The maximum Gasteiger partial charge on any atom is 0.255 e. The van der Waals surface area contributed by atoms with E-state index in [4.69, 9.17) is 23.2 Å². The van der Waals surface area contributed by atoms with Crippen molar-refractivity contribution in [1.29, 1.82) is 0 Å². The number of amides is 3. The molecule has 8 heteroatoms. The Morgan fingerprint density at radius 3 is 2.48 bits per heavy atom. The van der Waals surface area contributed by atoms with E-state index in [0.717, 1.165) is 16.7 Å². The number of nitrogens with zero attached hydrogens (tertiary/aromatic N) is 1. The van der Waals surface area contributed by atoms with E-state index in [1.807, 2.05) is 12.1 Å². The number of nitrogens with one attached hydrogen (secondary N) is 1. The van der Waals surface area contributed by atoms with Gasteiger partial charge in [0.1, 0.15) is 11.8 Å². The highest BCUT2D eigenvalue weighted by Crippen LogP contribution is 2.28. The second-order valence-electron chi connectivity index (χ2n) is 7.88. The molecule has 1 fully saturated rings. The van der Waals surface area contributed by atoms with Gasteiger partial charge in [0, 0.05) is 41.4 Å². The number of Topliss-reactive ketones (excluding diaryl/α,β-unsaturated/α-hetero) is 1. The van der Waals surface area contributed by atoms with Crippen LogP contribution in [-0.2, 0) is 33.8 Å². The first-order valence-electron chi connectivity index (χ1n) is 10.0. The molecule has 6 nitrogen and oxygen atoms in total. The zero-order chi connectivity index (χ0) is 22.1. The summed E-state index contributed by atoms with van der Waals surface area (Å²) in [6.07, 6.45) is 1.72. The van der Waals surface area contributed by atoms with Gasteiger partial charge in [-0.15, -0.1) is 0 Å². The lowest BCUT2D eigenvalue weighted by atomic mass is 10.00. The Balaban J connectivity index is 1.38. The Morgan fingerprint density at radius 2 is 1.77 bits per heavy atom. The number of carbonyl (C=O) groups excluding carboxylic acids is 4. The first-order valence-corrected chi connectivity index (χ1v) is 10.8. The fraction of sp³-hybridized carbons (Fsp3) is 0.304. The summed E-state index contributed by atoms with van der Waals surface area (Å²) >= 11 is 12.0. The molecular formula is C23H20Cl2N2O4. The van der Waals surface area contributed by atoms with Crippen molar-refractivity contribution in [1.82, 2.24) is 10.2 Å². The monoisotopic (exact) mass is 458 g/mol. The quantitative estimate of drug-likeness (QED) is 0.671. The number of halogens is 2. The fourth-order valence-electron chi connectivity index (χ4n) is 4.10. The predicted molar refractivity (Wildman–Crippen MR) is 116 cm³/mol. The van der Waals surface area contributed by atoms with E-state index in [0.29, 0.717) is 41.4 Å². The third-order valence-electron chi connectivity index (χ3n) is 5.60. The number of rotatable bonds is 6. The third kappa shape index (κ3) is 4.81. The molecule has 0 spiro atoms. The van der Waals surface area contributed by atoms with Crippen LogP contribution < -0.4 is 5.32 Å². The molecule has 4 rings (SSSR count). The van der Waals surface area contributed by atoms with Crippen molar-refractivity contribution < 1.29 is 19.2 Å². The van der Waals surface area contributed by atoms with E-state index < -0.39 is 11.9 Å². The number of piperidine rings is 1. The smallest absolute Gasteiger partial charge is 0.255 e.